The second-order valence-electron chi connectivity index (χ2n) is 6.40. The molecule has 22 heavy (non-hydrogen) atoms. The van der Waals surface area contributed by atoms with E-state index in [4.69, 9.17) is 0 Å². The van der Waals surface area contributed by atoms with Crippen molar-refractivity contribution in [3.05, 3.63) is 35.4 Å². The fourth-order valence-corrected chi connectivity index (χ4v) is 3.94. The maximum atomic E-state index is 12.7. The average Bonchev–Trinajstić information content (AvgIpc) is 2.93. The van der Waals surface area contributed by atoms with Gasteiger partial charge in [-0.2, -0.15) is 0 Å². The Morgan fingerprint density at radius 3 is 2.55 bits per heavy atom. The quantitative estimate of drug-likeness (QED) is 0.818. The van der Waals surface area contributed by atoms with Gasteiger partial charge in [0.1, 0.15) is 9.84 Å². The first kappa shape index (κ1) is 17.0. The van der Waals surface area contributed by atoms with Crippen LogP contribution in [0.3, 0.4) is 0 Å². The first-order valence-electron chi connectivity index (χ1n) is 7.87. The van der Waals surface area contributed by atoms with Gasteiger partial charge in [-0.05, 0) is 31.7 Å². The lowest BCUT2D eigenvalue weighted by atomic mass is 9.77. The third-order valence-corrected chi connectivity index (χ3v) is 5.47. The fraction of sp³-hybridized carbons (Fsp3) is 0.588. The van der Waals surface area contributed by atoms with Crippen molar-refractivity contribution in [1.82, 2.24) is 5.32 Å². The summed E-state index contributed by atoms with van der Waals surface area (Å²) < 4.78 is 22.3. The number of carbonyl (C=O) groups is 1. The predicted molar refractivity (Wildman–Crippen MR) is 88.7 cm³/mol. The van der Waals surface area contributed by atoms with Crippen molar-refractivity contribution in [1.29, 1.82) is 0 Å². The lowest BCUT2D eigenvalue weighted by molar-refractivity contribution is -0.126. The highest BCUT2D eigenvalue weighted by molar-refractivity contribution is 7.90. The summed E-state index contributed by atoms with van der Waals surface area (Å²) in [7, 11) is -2.97. The molecule has 0 saturated heterocycles. The molecule has 1 aliphatic rings. The molecule has 1 amide bonds. The molecule has 4 nitrogen and oxygen atoms in total. The molecule has 0 unspecified atom stereocenters. The second-order valence-corrected chi connectivity index (χ2v) is 8.66. The Labute approximate surface area is 133 Å². The Kier molecular flexibility index (Phi) is 5.27. The number of hydrogen-bond acceptors (Lipinski definition) is 3. The summed E-state index contributed by atoms with van der Waals surface area (Å²) in [6, 6.07) is 8.17. The summed E-state index contributed by atoms with van der Waals surface area (Å²) in [6.07, 6.45) is 5.55. The Morgan fingerprint density at radius 1 is 1.27 bits per heavy atom. The number of carbonyl (C=O) groups excluding carboxylic acids is 1. The van der Waals surface area contributed by atoms with Crippen molar-refractivity contribution in [2.75, 3.05) is 18.6 Å². The molecule has 0 atom stereocenters. The minimum atomic E-state index is -2.97. The SMILES string of the molecule is Cc1cccc(C2(C(=O)NCCCS(C)(=O)=O)CCCC2)c1. The van der Waals surface area contributed by atoms with E-state index in [2.05, 4.69) is 11.4 Å². The number of amides is 1. The first-order chi connectivity index (χ1) is 10.3. The molecule has 122 valence electrons. The predicted octanol–water partition coefficient (Wildman–Crippen LogP) is 2.36. The third-order valence-electron chi connectivity index (χ3n) is 4.44. The lowest BCUT2D eigenvalue weighted by Gasteiger charge is -2.28. The monoisotopic (exact) mass is 323 g/mol. The van der Waals surface area contributed by atoms with Crippen LogP contribution in [0, 0.1) is 6.92 Å². The van der Waals surface area contributed by atoms with Crippen LogP contribution in [0.5, 0.6) is 0 Å². The summed E-state index contributed by atoms with van der Waals surface area (Å²) in [5.74, 6) is 0.161. The molecule has 0 spiro atoms. The molecule has 5 heteroatoms. The van der Waals surface area contributed by atoms with Crippen molar-refractivity contribution in [3.63, 3.8) is 0 Å². The number of sulfone groups is 1. The van der Waals surface area contributed by atoms with E-state index in [0.29, 0.717) is 13.0 Å². The summed E-state index contributed by atoms with van der Waals surface area (Å²) in [5, 5.41) is 2.95. The van der Waals surface area contributed by atoms with E-state index in [1.807, 2.05) is 25.1 Å². The molecular formula is C17H25NO3S. The van der Waals surface area contributed by atoms with Crippen molar-refractivity contribution in [3.8, 4) is 0 Å². The minimum absolute atomic E-state index is 0.0455. The zero-order valence-electron chi connectivity index (χ0n) is 13.4. The van der Waals surface area contributed by atoms with E-state index in [-0.39, 0.29) is 11.7 Å². The van der Waals surface area contributed by atoms with Crippen LogP contribution in [0.15, 0.2) is 24.3 Å². The molecule has 0 radical (unpaired) electrons. The van der Waals surface area contributed by atoms with Gasteiger partial charge in [-0.25, -0.2) is 8.42 Å². The van der Waals surface area contributed by atoms with E-state index in [1.54, 1.807) is 0 Å². The second kappa shape index (κ2) is 6.82. The van der Waals surface area contributed by atoms with Gasteiger partial charge in [0.2, 0.25) is 5.91 Å². The molecule has 1 N–H and O–H groups in total. The first-order valence-corrected chi connectivity index (χ1v) is 9.93. The van der Waals surface area contributed by atoms with Crippen LogP contribution in [0.25, 0.3) is 0 Å². The summed E-state index contributed by atoms with van der Waals surface area (Å²) in [5.41, 5.74) is 1.82. The third kappa shape index (κ3) is 4.09. The van der Waals surface area contributed by atoms with Gasteiger partial charge in [-0.3, -0.25) is 4.79 Å². The molecule has 1 aliphatic carbocycles. The van der Waals surface area contributed by atoms with Gasteiger partial charge in [0.05, 0.1) is 11.2 Å². The number of aryl methyl sites for hydroxylation is 1. The topological polar surface area (TPSA) is 63.2 Å². The molecule has 1 fully saturated rings. The smallest absolute Gasteiger partial charge is 0.230 e. The largest absolute Gasteiger partial charge is 0.355 e. The normalized spacial score (nSPS) is 17.4. The van der Waals surface area contributed by atoms with Crippen LogP contribution < -0.4 is 5.32 Å². The van der Waals surface area contributed by atoms with E-state index in [9.17, 15) is 13.2 Å². The number of rotatable bonds is 6. The zero-order valence-corrected chi connectivity index (χ0v) is 14.2. The number of hydrogen-bond donors (Lipinski definition) is 1. The van der Waals surface area contributed by atoms with Gasteiger partial charge in [0.25, 0.3) is 0 Å². The van der Waals surface area contributed by atoms with Crippen molar-refractivity contribution >= 4 is 15.7 Å². The molecule has 2 rings (SSSR count). The lowest BCUT2D eigenvalue weighted by Crippen LogP contribution is -2.43. The standard InChI is InChI=1S/C17H25NO3S/c1-14-7-5-8-15(13-14)17(9-3-4-10-17)16(19)18-11-6-12-22(2,20)21/h5,7-8,13H,3-4,6,9-12H2,1-2H3,(H,18,19). The summed E-state index contributed by atoms with van der Waals surface area (Å²) >= 11 is 0. The highest BCUT2D eigenvalue weighted by Crippen LogP contribution is 2.41. The molecule has 0 heterocycles. The Hall–Kier alpha value is -1.36. The molecule has 1 aromatic rings. The Balaban J connectivity index is 2.06. The fourth-order valence-electron chi connectivity index (χ4n) is 3.27. The van der Waals surface area contributed by atoms with Gasteiger partial charge >= 0.3 is 0 Å². The van der Waals surface area contributed by atoms with E-state index in [0.717, 1.165) is 36.8 Å². The molecule has 0 bridgehead atoms. The Bertz CT molecular complexity index is 631. The average molecular weight is 323 g/mol. The van der Waals surface area contributed by atoms with Crippen molar-refractivity contribution in [2.45, 2.75) is 44.4 Å². The zero-order chi connectivity index (χ0) is 16.2. The van der Waals surface area contributed by atoms with E-state index < -0.39 is 15.3 Å². The van der Waals surface area contributed by atoms with Gasteiger partial charge in [0.15, 0.2) is 0 Å². The van der Waals surface area contributed by atoms with Crippen molar-refractivity contribution < 1.29 is 13.2 Å². The molecule has 0 aliphatic heterocycles. The molecule has 1 aromatic carbocycles. The van der Waals surface area contributed by atoms with Crippen LogP contribution in [0.4, 0.5) is 0 Å². The maximum Gasteiger partial charge on any atom is 0.230 e. The van der Waals surface area contributed by atoms with Gasteiger partial charge in [-0.1, -0.05) is 42.7 Å². The van der Waals surface area contributed by atoms with Gasteiger partial charge in [0, 0.05) is 12.8 Å². The number of benzene rings is 1. The van der Waals surface area contributed by atoms with E-state index in [1.165, 1.54) is 6.26 Å². The van der Waals surface area contributed by atoms with Crippen LogP contribution in [0.1, 0.15) is 43.2 Å². The van der Waals surface area contributed by atoms with Crippen LogP contribution in [-0.2, 0) is 20.0 Å². The summed E-state index contributed by atoms with van der Waals surface area (Å²) in [4.78, 5) is 12.7. The molecule has 0 aromatic heterocycles. The highest BCUT2D eigenvalue weighted by Gasteiger charge is 2.42. The van der Waals surface area contributed by atoms with Crippen LogP contribution >= 0.6 is 0 Å². The van der Waals surface area contributed by atoms with Crippen molar-refractivity contribution in [2.24, 2.45) is 0 Å². The number of nitrogens with one attached hydrogen (secondary N) is 1. The highest BCUT2D eigenvalue weighted by atomic mass is 32.2. The van der Waals surface area contributed by atoms with Crippen LogP contribution in [-0.4, -0.2) is 32.9 Å². The van der Waals surface area contributed by atoms with Crippen LogP contribution in [0.2, 0.25) is 0 Å². The van der Waals surface area contributed by atoms with E-state index >= 15 is 0 Å². The molecule has 1 saturated carbocycles. The van der Waals surface area contributed by atoms with Gasteiger partial charge < -0.3 is 5.32 Å². The summed E-state index contributed by atoms with van der Waals surface area (Å²) in [6.45, 7) is 2.45. The minimum Gasteiger partial charge on any atom is -0.355 e. The maximum absolute atomic E-state index is 12.7. The van der Waals surface area contributed by atoms with Gasteiger partial charge in [-0.15, -0.1) is 0 Å². The Morgan fingerprint density at radius 2 is 1.95 bits per heavy atom. The molecular weight excluding hydrogens is 298 g/mol.